The summed E-state index contributed by atoms with van der Waals surface area (Å²) in [7, 11) is 0. The summed E-state index contributed by atoms with van der Waals surface area (Å²) in [6.07, 6.45) is 8.41. The summed E-state index contributed by atoms with van der Waals surface area (Å²) in [6, 6.07) is 8.80. The molecule has 1 saturated heterocycles. The van der Waals surface area contributed by atoms with Gasteiger partial charge in [0.2, 0.25) is 0 Å². The van der Waals surface area contributed by atoms with Crippen molar-refractivity contribution in [2.75, 3.05) is 13.1 Å². The molecule has 1 atom stereocenters. The Morgan fingerprint density at radius 1 is 1.12 bits per heavy atom. The smallest absolute Gasteiger partial charge is 0.254 e. The fraction of sp³-hybridized carbons (Fsp3) is 0.536. The molecule has 1 unspecified atom stereocenters. The first-order valence-corrected chi connectivity index (χ1v) is 13.2. The van der Waals surface area contributed by atoms with Gasteiger partial charge in [0.25, 0.3) is 5.91 Å². The highest BCUT2D eigenvalue weighted by molar-refractivity contribution is 5.99. The molecule has 4 heterocycles. The van der Waals surface area contributed by atoms with Crippen LogP contribution in [0.15, 0.2) is 24.3 Å². The number of aromatic amines is 1. The van der Waals surface area contributed by atoms with Crippen molar-refractivity contribution in [3.8, 4) is 11.3 Å². The molecule has 178 valence electrons. The summed E-state index contributed by atoms with van der Waals surface area (Å²) in [5.74, 6) is 0.723. The fourth-order valence-electron chi connectivity index (χ4n) is 5.94. The fourth-order valence-corrected chi connectivity index (χ4v) is 5.94. The standard InChI is InChI=1S/C28H35N5O/c1-3-7-18(2)33-17-21-14-20(10-11-23(21)28(33)34)24-15-22(16-32-12-4-5-13-32)26-27(29-24)25(30-31-26)19-8-6-9-19/h10-11,14-15,18-19H,3-9,12-13,16-17H2,1-2H3,(H,30,31). The second-order valence-corrected chi connectivity index (χ2v) is 10.6. The number of amides is 1. The molecule has 1 aromatic carbocycles. The molecule has 3 aliphatic rings. The van der Waals surface area contributed by atoms with Crippen LogP contribution in [-0.2, 0) is 13.1 Å². The minimum atomic E-state index is 0.169. The normalized spacial score (nSPS) is 19.7. The molecule has 1 aliphatic carbocycles. The molecule has 0 spiro atoms. The van der Waals surface area contributed by atoms with Gasteiger partial charge >= 0.3 is 0 Å². The van der Waals surface area contributed by atoms with E-state index in [1.165, 1.54) is 43.4 Å². The van der Waals surface area contributed by atoms with Crippen molar-refractivity contribution in [1.29, 1.82) is 0 Å². The first-order chi connectivity index (χ1) is 16.6. The lowest BCUT2D eigenvalue weighted by Gasteiger charge is -2.24. The highest BCUT2D eigenvalue weighted by atomic mass is 16.2. The summed E-state index contributed by atoms with van der Waals surface area (Å²) in [5, 5.41) is 8.10. The summed E-state index contributed by atoms with van der Waals surface area (Å²) < 4.78 is 0. The predicted molar refractivity (Wildman–Crippen MR) is 135 cm³/mol. The molecule has 6 nitrogen and oxygen atoms in total. The van der Waals surface area contributed by atoms with Crippen molar-refractivity contribution in [3.05, 3.63) is 46.6 Å². The molecule has 1 N–H and O–H groups in total. The Kier molecular flexibility index (Phi) is 5.64. The molecule has 1 saturated carbocycles. The zero-order valence-corrected chi connectivity index (χ0v) is 20.4. The lowest BCUT2D eigenvalue weighted by molar-refractivity contribution is 0.0709. The van der Waals surface area contributed by atoms with Crippen molar-refractivity contribution in [2.24, 2.45) is 0 Å². The highest BCUT2D eigenvalue weighted by Crippen LogP contribution is 2.39. The Morgan fingerprint density at radius 3 is 2.68 bits per heavy atom. The molecular formula is C28H35N5O. The molecule has 1 amide bonds. The second kappa shape index (κ2) is 8.81. The van der Waals surface area contributed by atoms with Gasteiger partial charge in [-0.05, 0) is 81.4 Å². The van der Waals surface area contributed by atoms with Gasteiger partial charge in [-0.15, -0.1) is 0 Å². The first-order valence-electron chi connectivity index (χ1n) is 13.2. The summed E-state index contributed by atoms with van der Waals surface area (Å²) in [6.45, 7) is 8.28. The monoisotopic (exact) mass is 457 g/mol. The van der Waals surface area contributed by atoms with Crippen molar-refractivity contribution in [3.63, 3.8) is 0 Å². The third-order valence-corrected chi connectivity index (χ3v) is 8.19. The van der Waals surface area contributed by atoms with E-state index in [-0.39, 0.29) is 11.9 Å². The average Bonchev–Trinajstić information content (AvgIpc) is 3.53. The zero-order chi connectivity index (χ0) is 23.2. The number of likely N-dealkylation sites (tertiary alicyclic amines) is 1. The predicted octanol–water partition coefficient (Wildman–Crippen LogP) is 5.63. The van der Waals surface area contributed by atoms with Crippen LogP contribution in [0.3, 0.4) is 0 Å². The van der Waals surface area contributed by atoms with Gasteiger partial charge in [-0.1, -0.05) is 25.8 Å². The van der Waals surface area contributed by atoms with Gasteiger partial charge in [0.15, 0.2) is 0 Å². The van der Waals surface area contributed by atoms with E-state index < -0.39 is 0 Å². The maximum absolute atomic E-state index is 13.0. The van der Waals surface area contributed by atoms with Crippen molar-refractivity contribution < 1.29 is 4.79 Å². The minimum Gasteiger partial charge on any atom is -0.332 e. The van der Waals surface area contributed by atoms with E-state index in [2.05, 4.69) is 42.0 Å². The number of carbonyl (C=O) groups is 1. The summed E-state index contributed by atoms with van der Waals surface area (Å²) in [4.78, 5) is 22.7. The number of aromatic nitrogens is 3. The molecule has 0 bridgehead atoms. The summed E-state index contributed by atoms with van der Waals surface area (Å²) >= 11 is 0. The van der Waals surface area contributed by atoms with Gasteiger partial charge in [-0.2, -0.15) is 5.10 Å². The third kappa shape index (κ3) is 3.72. The van der Waals surface area contributed by atoms with Crippen LogP contribution in [0.25, 0.3) is 22.3 Å². The zero-order valence-electron chi connectivity index (χ0n) is 20.4. The third-order valence-electron chi connectivity index (χ3n) is 8.19. The number of fused-ring (bicyclic) bond motifs is 2. The maximum Gasteiger partial charge on any atom is 0.254 e. The van der Waals surface area contributed by atoms with Crippen LogP contribution < -0.4 is 0 Å². The van der Waals surface area contributed by atoms with Crippen LogP contribution in [0.4, 0.5) is 0 Å². The second-order valence-electron chi connectivity index (χ2n) is 10.6. The van der Waals surface area contributed by atoms with Gasteiger partial charge in [0.1, 0.15) is 11.0 Å². The van der Waals surface area contributed by atoms with Gasteiger partial charge in [0, 0.05) is 36.2 Å². The quantitative estimate of drug-likeness (QED) is 0.499. The topological polar surface area (TPSA) is 65.1 Å². The molecule has 2 fully saturated rings. The minimum absolute atomic E-state index is 0.169. The molecular weight excluding hydrogens is 422 g/mol. The Hall–Kier alpha value is -2.73. The van der Waals surface area contributed by atoms with Crippen molar-refractivity contribution in [1.82, 2.24) is 25.0 Å². The number of rotatable bonds is 7. The Morgan fingerprint density at radius 2 is 1.94 bits per heavy atom. The lowest BCUT2D eigenvalue weighted by Crippen LogP contribution is -2.33. The van der Waals surface area contributed by atoms with E-state index in [1.54, 1.807) is 0 Å². The lowest BCUT2D eigenvalue weighted by atomic mass is 9.82. The number of H-pyrrole nitrogens is 1. The number of hydrogen-bond donors (Lipinski definition) is 1. The van der Waals surface area contributed by atoms with Crippen LogP contribution in [0.1, 0.15) is 91.9 Å². The number of nitrogens with zero attached hydrogens (tertiary/aromatic N) is 4. The van der Waals surface area contributed by atoms with Gasteiger partial charge in [-0.3, -0.25) is 14.8 Å². The number of nitrogens with one attached hydrogen (secondary N) is 1. The van der Waals surface area contributed by atoms with Crippen LogP contribution in [0, 0.1) is 0 Å². The average molecular weight is 458 g/mol. The highest BCUT2D eigenvalue weighted by Gasteiger charge is 2.31. The van der Waals surface area contributed by atoms with Gasteiger partial charge < -0.3 is 4.90 Å². The van der Waals surface area contributed by atoms with Gasteiger partial charge in [0.05, 0.1) is 11.4 Å². The Labute approximate surface area is 201 Å². The molecule has 2 aliphatic heterocycles. The molecule has 0 radical (unpaired) electrons. The van der Waals surface area contributed by atoms with Crippen LogP contribution in [0.2, 0.25) is 0 Å². The maximum atomic E-state index is 13.0. The number of carbonyl (C=O) groups excluding carboxylic acids is 1. The van der Waals surface area contributed by atoms with E-state index in [1.807, 2.05) is 11.0 Å². The van der Waals surface area contributed by atoms with Gasteiger partial charge in [-0.25, -0.2) is 4.98 Å². The molecule has 6 rings (SSSR count). The van der Waals surface area contributed by atoms with E-state index in [0.717, 1.165) is 65.9 Å². The Balaban J connectivity index is 1.39. The SMILES string of the molecule is CCCC(C)N1Cc2cc(-c3cc(CN4CCCC4)c4n[nH]c(C5CCC5)c4n3)ccc2C1=O. The summed E-state index contributed by atoms with van der Waals surface area (Å²) in [5.41, 5.74) is 8.63. The van der Waals surface area contributed by atoms with Crippen molar-refractivity contribution >= 4 is 16.9 Å². The van der Waals surface area contributed by atoms with Crippen LogP contribution in [-0.4, -0.2) is 50.0 Å². The molecule has 34 heavy (non-hydrogen) atoms. The van der Waals surface area contributed by atoms with E-state index in [9.17, 15) is 4.79 Å². The molecule has 3 aromatic rings. The van der Waals surface area contributed by atoms with Crippen LogP contribution >= 0.6 is 0 Å². The number of benzene rings is 1. The number of pyridine rings is 1. The largest absolute Gasteiger partial charge is 0.332 e. The molecule has 2 aromatic heterocycles. The van der Waals surface area contributed by atoms with E-state index in [4.69, 9.17) is 10.1 Å². The number of hydrogen-bond acceptors (Lipinski definition) is 4. The van der Waals surface area contributed by atoms with Crippen LogP contribution in [0.5, 0.6) is 0 Å². The first kappa shape index (κ1) is 21.8. The van der Waals surface area contributed by atoms with E-state index in [0.29, 0.717) is 12.5 Å². The Bertz CT molecular complexity index is 1220. The van der Waals surface area contributed by atoms with Crippen molar-refractivity contribution in [2.45, 2.75) is 83.8 Å². The van der Waals surface area contributed by atoms with E-state index >= 15 is 0 Å². The molecule has 6 heteroatoms.